The molecule has 0 aliphatic heterocycles. The summed E-state index contributed by atoms with van der Waals surface area (Å²) in [6, 6.07) is 52.5. The fourth-order valence-corrected chi connectivity index (χ4v) is 9.53. The fraction of sp³-hybridized carbons (Fsp3) is 0.0244. The van der Waals surface area contributed by atoms with E-state index in [1.165, 1.54) is 86.6 Å². The molecule has 200 valence electrons. The SMILES string of the molecule is Brc1ccc2sc3ccc(-c4cc5c(c6ccccc46)-c4ccccc4C54c5ccccc5-c5ccccc54)cc3c2c1. The third kappa shape index (κ3) is 3.00. The Morgan fingerprint density at radius 2 is 0.977 bits per heavy atom. The molecule has 0 N–H and O–H groups in total. The molecule has 8 aromatic rings. The highest BCUT2D eigenvalue weighted by atomic mass is 79.9. The molecule has 1 spiro atoms. The summed E-state index contributed by atoms with van der Waals surface area (Å²) in [5, 5.41) is 5.24. The molecule has 0 unspecified atom stereocenters. The topological polar surface area (TPSA) is 0 Å². The summed E-state index contributed by atoms with van der Waals surface area (Å²) in [7, 11) is 0. The van der Waals surface area contributed by atoms with Crippen LogP contribution in [0.1, 0.15) is 22.3 Å². The van der Waals surface area contributed by atoms with Gasteiger partial charge in [-0.3, -0.25) is 0 Å². The van der Waals surface area contributed by atoms with Gasteiger partial charge in [-0.15, -0.1) is 11.3 Å². The van der Waals surface area contributed by atoms with E-state index in [0.717, 1.165) is 4.47 Å². The molecule has 2 heteroatoms. The van der Waals surface area contributed by atoms with Crippen molar-refractivity contribution >= 4 is 58.2 Å². The van der Waals surface area contributed by atoms with Gasteiger partial charge < -0.3 is 0 Å². The van der Waals surface area contributed by atoms with E-state index < -0.39 is 0 Å². The summed E-state index contributed by atoms with van der Waals surface area (Å²) in [5.41, 5.74) is 13.1. The first-order valence-corrected chi connectivity index (χ1v) is 16.3. The Morgan fingerprint density at radius 1 is 0.419 bits per heavy atom. The first-order valence-electron chi connectivity index (χ1n) is 14.7. The molecule has 0 bridgehead atoms. The summed E-state index contributed by atoms with van der Waals surface area (Å²) >= 11 is 5.58. The van der Waals surface area contributed by atoms with Crippen molar-refractivity contribution in [2.45, 2.75) is 5.41 Å². The van der Waals surface area contributed by atoms with Crippen LogP contribution >= 0.6 is 27.3 Å². The normalized spacial score (nSPS) is 13.9. The molecule has 0 saturated carbocycles. The van der Waals surface area contributed by atoms with Gasteiger partial charge in [0.25, 0.3) is 0 Å². The second-order valence-electron chi connectivity index (χ2n) is 11.7. The molecule has 0 atom stereocenters. The van der Waals surface area contributed by atoms with Crippen molar-refractivity contribution < 1.29 is 0 Å². The summed E-state index contributed by atoms with van der Waals surface area (Å²) in [4.78, 5) is 0. The highest BCUT2D eigenvalue weighted by molar-refractivity contribution is 9.10. The number of thiophene rings is 1. The van der Waals surface area contributed by atoms with Crippen molar-refractivity contribution in [3.05, 3.63) is 166 Å². The minimum Gasteiger partial charge on any atom is -0.135 e. The lowest BCUT2D eigenvalue weighted by Gasteiger charge is -2.31. The highest BCUT2D eigenvalue weighted by Gasteiger charge is 2.52. The van der Waals surface area contributed by atoms with E-state index in [2.05, 4.69) is 155 Å². The van der Waals surface area contributed by atoms with Crippen LogP contribution in [0, 0.1) is 0 Å². The maximum absolute atomic E-state index is 3.71. The Balaban J connectivity index is 1.36. The Labute approximate surface area is 262 Å². The maximum Gasteiger partial charge on any atom is 0.0725 e. The number of fused-ring (bicyclic) bond motifs is 15. The lowest BCUT2D eigenvalue weighted by Crippen LogP contribution is -2.25. The molecular weight excluding hydrogens is 604 g/mol. The molecule has 0 radical (unpaired) electrons. The Bertz CT molecular complexity index is 2430. The number of halogens is 1. The second-order valence-corrected chi connectivity index (χ2v) is 13.7. The molecule has 2 aliphatic rings. The summed E-state index contributed by atoms with van der Waals surface area (Å²) in [6.07, 6.45) is 0. The second kappa shape index (κ2) is 8.54. The van der Waals surface area contributed by atoms with Gasteiger partial charge in [-0.25, -0.2) is 0 Å². The van der Waals surface area contributed by atoms with Gasteiger partial charge in [0.15, 0.2) is 0 Å². The fourth-order valence-electron chi connectivity index (χ4n) is 8.11. The van der Waals surface area contributed by atoms with Crippen molar-refractivity contribution in [3.63, 3.8) is 0 Å². The molecule has 0 saturated heterocycles. The van der Waals surface area contributed by atoms with Crippen LogP contribution in [-0.4, -0.2) is 0 Å². The van der Waals surface area contributed by atoms with Crippen molar-refractivity contribution in [1.82, 2.24) is 0 Å². The van der Waals surface area contributed by atoms with E-state index in [0.29, 0.717) is 0 Å². The lowest BCUT2D eigenvalue weighted by molar-refractivity contribution is 0.794. The van der Waals surface area contributed by atoms with E-state index in [1.54, 1.807) is 0 Å². The zero-order valence-corrected chi connectivity index (χ0v) is 25.5. The van der Waals surface area contributed by atoms with Crippen LogP contribution < -0.4 is 0 Å². The molecule has 0 fully saturated rings. The van der Waals surface area contributed by atoms with Crippen LogP contribution in [0.5, 0.6) is 0 Å². The van der Waals surface area contributed by atoms with Gasteiger partial charge in [0.05, 0.1) is 5.41 Å². The van der Waals surface area contributed by atoms with Gasteiger partial charge in [-0.1, -0.05) is 119 Å². The minimum atomic E-state index is -0.359. The van der Waals surface area contributed by atoms with Crippen LogP contribution in [0.25, 0.3) is 64.3 Å². The van der Waals surface area contributed by atoms with Crippen LogP contribution in [0.4, 0.5) is 0 Å². The smallest absolute Gasteiger partial charge is 0.0725 e. The number of hydrogen-bond donors (Lipinski definition) is 0. The predicted molar refractivity (Wildman–Crippen MR) is 186 cm³/mol. The average Bonchev–Trinajstić information content (AvgIpc) is 3.68. The zero-order chi connectivity index (χ0) is 28.3. The lowest BCUT2D eigenvalue weighted by atomic mass is 9.70. The summed E-state index contributed by atoms with van der Waals surface area (Å²) in [5.74, 6) is 0. The first kappa shape index (κ1) is 24.0. The van der Waals surface area contributed by atoms with Crippen LogP contribution in [-0.2, 0) is 5.41 Å². The molecule has 7 aromatic carbocycles. The van der Waals surface area contributed by atoms with E-state index in [4.69, 9.17) is 0 Å². The molecule has 1 aromatic heterocycles. The number of rotatable bonds is 1. The minimum absolute atomic E-state index is 0.359. The monoisotopic (exact) mass is 626 g/mol. The highest BCUT2D eigenvalue weighted by Crippen LogP contribution is 2.64. The van der Waals surface area contributed by atoms with Crippen molar-refractivity contribution in [2.24, 2.45) is 0 Å². The first-order chi connectivity index (χ1) is 21.2. The van der Waals surface area contributed by atoms with E-state index in [9.17, 15) is 0 Å². The Morgan fingerprint density at radius 3 is 1.70 bits per heavy atom. The van der Waals surface area contributed by atoms with Gasteiger partial charge in [0.2, 0.25) is 0 Å². The largest absolute Gasteiger partial charge is 0.135 e. The van der Waals surface area contributed by atoms with Crippen molar-refractivity contribution in [1.29, 1.82) is 0 Å². The maximum atomic E-state index is 3.71. The number of hydrogen-bond acceptors (Lipinski definition) is 1. The quantitative estimate of drug-likeness (QED) is 0.170. The molecule has 0 amide bonds. The Kier molecular flexibility index (Phi) is 4.76. The van der Waals surface area contributed by atoms with Gasteiger partial charge in [-0.05, 0) is 103 Å². The van der Waals surface area contributed by atoms with E-state index >= 15 is 0 Å². The number of benzene rings is 7. The van der Waals surface area contributed by atoms with E-state index in [1.807, 2.05) is 11.3 Å². The molecule has 10 rings (SSSR count). The van der Waals surface area contributed by atoms with Crippen LogP contribution in [0.3, 0.4) is 0 Å². The van der Waals surface area contributed by atoms with Crippen LogP contribution in [0.15, 0.2) is 144 Å². The third-order valence-electron chi connectivity index (χ3n) is 9.74. The average molecular weight is 628 g/mol. The van der Waals surface area contributed by atoms with Gasteiger partial charge in [0.1, 0.15) is 0 Å². The summed E-state index contributed by atoms with van der Waals surface area (Å²) in [6.45, 7) is 0. The standard InChI is InChI=1S/C41H23BrS/c42-25-18-20-39-33(22-25)32-21-24(17-19-38(32)43-39)31-23-37-40(29-12-2-1-9-26(29)31)30-13-5-8-16-36(30)41(37)34-14-6-3-10-27(34)28-11-4-7-15-35(28)41/h1-23H. The predicted octanol–water partition coefficient (Wildman–Crippen LogP) is 12.0. The van der Waals surface area contributed by atoms with Crippen molar-refractivity contribution in [3.8, 4) is 33.4 Å². The molecule has 2 aliphatic carbocycles. The van der Waals surface area contributed by atoms with Gasteiger partial charge in [0, 0.05) is 24.6 Å². The van der Waals surface area contributed by atoms with Crippen molar-refractivity contribution in [2.75, 3.05) is 0 Å². The molecule has 0 nitrogen and oxygen atoms in total. The Hall–Kier alpha value is -4.50. The molecular formula is C41H23BrS. The molecule has 43 heavy (non-hydrogen) atoms. The third-order valence-corrected chi connectivity index (χ3v) is 11.4. The van der Waals surface area contributed by atoms with Gasteiger partial charge >= 0.3 is 0 Å². The summed E-state index contributed by atoms with van der Waals surface area (Å²) < 4.78 is 3.76. The zero-order valence-electron chi connectivity index (χ0n) is 23.1. The van der Waals surface area contributed by atoms with Gasteiger partial charge in [-0.2, -0.15) is 0 Å². The van der Waals surface area contributed by atoms with E-state index in [-0.39, 0.29) is 5.41 Å². The molecule has 1 heterocycles. The van der Waals surface area contributed by atoms with Crippen LogP contribution in [0.2, 0.25) is 0 Å².